The second-order valence-electron chi connectivity index (χ2n) is 6.55. The smallest absolute Gasteiger partial charge is 0.328 e. The van der Waals surface area contributed by atoms with Gasteiger partial charge in [0.2, 0.25) is 11.8 Å². The SMILES string of the molecule is C[C@@H]1CNC[C@H](C)N1CCOc1ccc(N2CCC(=O)NC2=O)cn1. The molecule has 0 bridgehead atoms. The van der Waals surface area contributed by atoms with E-state index in [0.29, 0.717) is 43.2 Å². The number of pyridine rings is 1. The minimum Gasteiger partial charge on any atom is -0.476 e. The van der Waals surface area contributed by atoms with Crippen LogP contribution in [0.15, 0.2) is 18.3 Å². The Labute approximate surface area is 147 Å². The number of urea groups is 1. The molecule has 0 aromatic carbocycles. The van der Waals surface area contributed by atoms with E-state index in [1.807, 2.05) is 0 Å². The molecule has 2 saturated heterocycles. The largest absolute Gasteiger partial charge is 0.476 e. The Balaban J connectivity index is 1.51. The molecule has 3 rings (SSSR count). The quantitative estimate of drug-likeness (QED) is 0.811. The van der Waals surface area contributed by atoms with Gasteiger partial charge in [-0.1, -0.05) is 0 Å². The third-order valence-corrected chi connectivity index (χ3v) is 4.70. The Hall–Kier alpha value is -2.19. The maximum atomic E-state index is 11.8. The van der Waals surface area contributed by atoms with Crippen molar-refractivity contribution in [2.45, 2.75) is 32.4 Å². The number of aromatic nitrogens is 1. The normalized spacial score (nSPS) is 25.0. The number of carbonyl (C=O) groups excluding carboxylic acids is 2. The number of ether oxygens (including phenoxy) is 1. The minimum absolute atomic E-state index is 0.245. The molecule has 0 unspecified atom stereocenters. The lowest BCUT2D eigenvalue weighted by atomic mass is 10.1. The first kappa shape index (κ1) is 17.6. The van der Waals surface area contributed by atoms with E-state index in [2.05, 4.69) is 34.4 Å². The van der Waals surface area contributed by atoms with Crippen molar-refractivity contribution in [3.05, 3.63) is 18.3 Å². The zero-order valence-electron chi connectivity index (χ0n) is 14.7. The number of hydrogen-bond donors (Lipinski definition) is 2. The summed E-state index contributed by atoms with van der Waals surface area (Å²) in [7, 11) is 0. The molecule has 25 heavy (non-hydrogen) atoms. The number of piperazine rings is 1. The van der Waals surface area contributed by atoms with Crippen LogP contribution in [-0.2, 0) is 4.79 Å². The predicted octanol–water partition coefficient (Wildman–Crippen LogP) is 0.589. The van der Waals surface area contributed by atoms with Crippen LogP contribution in [0.4, 0.5) is 10.5 Å². The van der Waals surface area contributed by atoms with Crippen molar-refractivity contribution < 1.29 is 14.3 Å². The summed E-state index contributed by atoms with van der Waals surface area (Å²) in [5.74, 6) is 0.290. The molecule has 0 radical (unpaired) electrons. The molecular weight excluding hydrogens is 322 g/mol. The number of nitrogens with one attached hydrogen (secondary N) is 2. The van der Waals surface area contributed by atoms with Crippen LogP contribution in [0.25, 0.3) is 0 Å². The molecule has 8 heteroatoms. The maximum absolute atomic E-state index is 11.8. The van der Waals surface area contributed by atoms with Crippen molar-refractivity contribution in [2.75, 3.05) is 37.7 Å². The summed E-state index contributed by atoms with van der Waals surface area (Å²) in [5, 5.41) is 5.71. The van der Waals surface area contributed by atoms with Gasteiger partial charge in [-0.25, -0.2) is 9.78 Å². The van der Waals surface area contributed by atoms with Crippen LogP contribution in [0.5, 0.6) is 5.88 Å². The van der Waals surface area contributed by atoms with Gasteiger partial charge in [0.05, 0.1) is 11.9 Å². The van der Waals surface area contributed by atoms with E-state index < -0.39 is 6.03 Å². The van der Waals surface area contributed by atoms with E-state index in [9.17, 15) is 9.59 Å². The van der Waals surface area contributed by atoms with Crippen molar-refractivity contribution >= 4 is 17.6 Å². The third kappa shape index (κ3) is 4.26. The van der Waals surface area contributed by atoms with Crippen LogP contribution in [-0.4, -0.2) is 66.7 Å². The van der Waals surface area contributed by atoms with Gasteiger partial charge in [-0.05, 0) is 19.9 Å². The first-order chi connectivity index (χ1) is 12.0. The van der Waals surface area contributed by atoms with Gasteiger partial charge in [0.1, 0.15) is 6.61 Å². The second kappa shape index (κ2) is 7.79. The number of hydrogen-bond acceptors (Lipinski definition) is 6. The topological polar surface area (TPSA) is 86.8 Å². The zero-order valence-corrected chi connectivity index (χ0v) is 14.7. The van der Waals surface area contributed by atoms with Gasteiger partial charge in [0, 0.05) is 50.7 Å². The van der Waals surface area contributed by atoms with Crippen molar-refractivity contribution in [2.24, 2.45) is 0 Å². The van der Waals surface area contributed by atoms with Gasteiger partial charge in [-0.3, -0.25) is 19.9 Å². The molecule has 1 aromatic rings. The fourth-order valence-corrected chi connectivity index (χ4v) is 3.29. The van der Waals surface area contributed by atoms with Crippen LogP contribution in [0.2, 0.25) is 0 Å². The van der Waals surface area contributed by atoms with Crippen LogP contribution < -0.4 is 20.3 Å². The average molecular weight is 347 g/mol. The first-order valence-corrected chi connectivity index (χ1v) is 8.71. The van der Waals surface area contributed by atoms with Gasteiger partial charge in [-0.15, -0.1) is 0 Å². The highest BCUT2D eigenvalue weighted by Crippen LogP contribution is 2.18. The van der Waals surface area contributed by atoms with Crippen molar-refractivity contribution in [1.82, 2.24) is 20.5 Å². The van der Waals surface area contributed by atoms with Crippen molar-refractivity contribution in [3.8, 4) is 5.88 Å². The molecule has 2 atom stereocenters. The fraction of sp³-hybridized carbons (Fsp3) is 0.588. The fourth-order valence-electron chi connectivity index (χ4n) is 3.29. The summed E-state index contributed by atoms with van der Waals surface area (Å²) in [4.78, 5) is 31.2. The molecule has 8 nitrogen and oxygen atoms in total. The summed E-state index contributed by atoms with van der Waals surface area (Å²) < 4.78 is 5.75. The molecule has 2 aliphatic rings. The molecule has 3 heterocycles. The van der Waals surface area contributed by atoms with E-state index in [1.54, 1.807) is 18.3 Å². The summed E-state index contributed by atoms with van der Waals surface area (Å²) in [6.07, 6.45) is 1.89. The van der Waals surface area contributed by atoms with Gasteiger partial charge < -0.3 is 10.1 Å². The Morgan fingerprint density at radius 2 is 2.00 bits per heavy atom. The Bertz CT molecular complexity index is 611. The van der Waals surface area contributed by atoms with Crippen LogP contribution >= 0.6 is 0 Å². The highest BCUT2D eigenvalue weighted by molar-refractivity contribution is 6.05. The van der Waals surface area contributed by atoms with E-state index in [1.165, 1.54) is 4.90 Å². The lowest BCUT2D eigenvalue weighted by Gasteiger charge is -2.39. The van der Waals surface area contributed by atoms with Crippen molar-refractivity contribution in [1.29, 1.82) is 0 Å². The lowest BCUT2D eigenvalue weighted by Crippen LogP contribution is -2.55. The first-order valence-electron chi connectivity index (χ1n) is 8.71. The summed E-state index contributed by atoms with van der Waals surface area (Å²) in [6.45, 7) is 8.21. The number of nitrogens with zero attached hydrogens (tertiary/aromatic N) is 3. The van der Waals surface area contributed by atoms with Gasteiger partial charge in [-0.2, -0.15) is 0 Å². The summed E-state index contributed by atoms with van der Waals surface area (Å²) in [6, 6.07) is 4.11. The molecule has 0 saturated carbocycles. The molecule has 3 amide bonds. The second-order valence-corrected chi connectivity index (χ2v) is 6.55. The summed E-state index contributed by atoms with van der Waals surface area (Å²) in [5.41, 5.74) is 0.654. The molecule has 0 aliphatic carbocycles. The Kier molecular flexibility index (Phi) is 5.50. The Morgan fingerprint density at radius 3 is 2.64 bits per heavy atom. The predicted molar refractivity (Wildman–Crippen MR) is 93.7 cm³/mol. The maximum Gasteiger partial charge on any atom is 0.328 e. The van der Waals surface area contributed by atoms with E-state index >= 15 is 0 Å². The molecule has 136 valence electrons. The minimum atomic E-state index is -0.409. The van der Waals surface area contributed by atoms with Gasteiger partial charge in [0.15, 0.2) is 0 Å². The van der Waals surface area contributed by atoms with E-state index in [4.69, 9.17) is 4.74 Å². The number of imide groups is 1. The number of anilines is 1. The van der Waals surface area contributed by atoms with Gasteiger partial charge in [0.25, 0.3) is 0 Å². The molecular formula is C17H25N5O3. The Morgan fingerprint density at radius 1 is 1.24 bits per heavy atom. The average Bonchev–Trinajstić information content (AvgIpc) is 2.58. The standard InChI is InChI=1S/C17H25N5O3/c1-12-9-18-10-13(2)21(12)7-8-25-16-4-3-14(11-19-16)22-6-5-15(23)20-17(22)24/h3-4,11-13,18H,5-10H2,1-2H3,(H,20,23,24)/t12-,13+. The summed E-state index contributed by atoms with van der Waals surface area (Å²) >= 11 is 0. The molecule has 2 aliphatic heterocycles. The number of rotatable bonds is 5. The van der Waals surface area contributed by atoms with Crippen molar-refractivity contribution in [3.63, 3.8) is 0 Å². The van der Waals surface area contributed by atoms with Crippen LogP contribution in [0, 0.1) is 0 Å². The van der Waals surface area contributed by atoms with E-state index in [0.717, 1.165) is 19.6 Å². The molecule has 2 fully saturated rings. The lowest BCUT2D eigenvalue weighted by molar-refractivity contribution is -0.120. The number of amides is 3. The van der Waals surface area contributed by atoms with E-state index in [-0.39, 0.29) is 5.91 Å². The molecule has 1 aromatic heterocycles. The van der Waals surface area contributed by atoms with Gasteiger partial charge >= 0.3 is 6.03 Å². The van der Waals surface area contributed by atoms with Crippen LogP contribution in [0.1, 0.15) is 20.3 Å². The zero-order chi connectivity index (χ0) is 17.8. The molecule has 0 spiro atoms. The monoisotopic (exact) mass is 347 g/mol. The van der Waals surface area contributed by atoms with Crippen LogP contribution in [0.3, 0.4) is 0 Å². The highest BCUT2D eigenvalue weighted by Gasteiger charge is 2.25. The number of carbonyl (C=O) groups is 2. The highest BCUT2D eigenvalue weighted by atomic mass is 16.5. The third-order valence-electron chi connectivity index (χ3n) is 4.70. The molecule has 2 N–H and O–H groups in total.